The van der Waals surface area contributed by atoms with Crippen LogP contribution < -0.4 is 5.56 Å². The number of morpholine rings is 1. The van der Waals surface area contributed by atoms with Crippen molar-refractivity contribution in [2.24, 2.45) is 0 Å². The van der Waals surface area contributed by atoms with Crippen LogP contribution >= 0.6 is 11.3 Å². The minimum Gasteiger partial charge on any atom is -0.392 e. The fourth-order valence-electron chi connectivity index (χ4n) is 4.40. The molecule has 34 heavy (non-hydrogen) atoms. The van der Waals surface area contributed by atoms with Crippen molar-refractivity contribution >= 4 is 21.6 Å². The van der Waals surface area contributed by atoms with Crippen molar-refractivity contribution in [3.63, 3.8) is 0 Å². The predicted octanol–water partition coefficient (Wildman–Crippen LogP) is 3.42. The number of allylic oxidation sites excluding steroid dienone is 1. The van der Waals surface area contributed by atoms with Gasteiger partial charge in [0.2, 0.25) is 0 Å². The molecular weight excluding hydrogens is 448 g/mol. The molecule has 2 N–H and O–H groups in total. The lowest BCUT2D eigenvalue weighted by Crippen LogP contribution is -2.43. The van der Waals surface area contributed by atoms with E-state index in [0.717, 1.165) is 67.3 Å². The van der Waals surface area contributed by atoms with Crippen molar-refractivity contribution in [3.05, 3.63) is 64.0 Å². The van der Waals surface area contributed by atoms with Crippen molar-refractivity contribution in [1.29, 1.82) is 0 Å². The van der Waals surface area contributed by atoms with Gasteiger partial charge < -0.3 is 14.8 Å². The fourth-order valence-corrected chi connectivity index (χ4v) is 5.35. The van der Waals surface area contributed by atoms with E-state index >= 15 is 0 Å². The van der Waals surface area contributed by atoms with Crippen LogP contribution in [0, 0.1) is 6.92 Å². The van der Waals surface area contributed by atoms with Crippen LogP contribution in [0.25, 0.3) is 21.3 Å². The van der Waals surface area contributed by atoms with Gasteiger partial charge in [-0.05, 0) is 30.9 Å². The molecule has 1 aromatic carbocycles. The number of hydrogen-bond acceptors (Lipinski definition) is 7. The molecule has 1 fully saturated rings. The first-order valence-electron chi connectivity index (χ1n) is 11.9. The third-order valence-electron chi connectivity index (χ3n) is 6.31. The molecule has 7 nitrogen and oxygen atoms in total. The van der Waals surface area contributed by atoms with Gasteiger partial charge in [-0.2, -0.15) is 0 Å². The Labute approximate surface area is 204 Å². The van der Waals surface area contributed by atoms with Gasteiger partial charge in [0.15, 0.2) is 0 Å². The molecule has 0 saturated carbocycles. The molecule has 0 aliphatic carbocycles. The second-order valence-corrected chi connectivity index (χ2v) is 9.72. The summed E-state index contributed by atoms with van der Waals surface area (Å²) in [6, 6.07) is 8.09. The lowest BCUT2D eigenvalue weighted by molar-refractivity contribution is 0.0285. The SMILES string of the molecule is C=CCCC(O)CN(CCN1CCOCC1)Cc1nc2scc(-c3ccccc3C)c2c(=O)[nH]1. The van der Waals surface area contributed by atoms with Gasteiger partial charge in [-0.1, -0.05) is 30.3 Å². The highest BCUT2D eigenvalue weighted by Gasteiger charge is 2.19. The standard InChI is InChI=1S/C26H34N4O3S/c1-3-4-8-20(31)16-30(11-10-29-12-14-33-15-13-29)17-23-27-25(32)24-22(18-34-26(24)28-23)21-9-6-5-7-19(21)2/h3,5-7,9,18,20,31H,1,4,8,10-17H2,2H3,(H,27,28,32). The van der Waals surface area contributed by atoms with Gasteiger partial charge in [-0.3, -0.25) is 14.6 Å². The van der Waals surface area contributed by atoms with E-state index in [1.165, 1.54) is 11.3 Å². The van der Waals surface area contributed by atoms with Crippen LogP contribution in [-0.2, 0) is 11.3 Å². The van der Waals surface area contributed by atoms with Crippen molar-refractivity contribution < 1.29 is 9.84 Å². The van der Waals surface area contributed by atoms with Gasteiger partial charge in [-0.15, -0.1) is 17.9 Å². The van der Waals surface area contributed by atoms with Crippen molar-refractivity contribution in [1.82, 2.24) is 19.8 Å². The molecule has 8 heteroatoms. The number of aliphatic hydroxyl groups excluding tert-OH is 1. The number of aromatic nitrogens is 2. The largest absolute Gasteiger partial charge is 0.392 e. The number of nitrogens with one attached hydrogen (secondary N) is 1. The number of rotatable bonds is 11. The minimum absolute atomic E-state index is 0.111. The number of hydrogen-bond donors (Lipinski definition) is 2. The Balaban J connectivity index is 1.54. The van der Waals surface area contributed by atoms with E-state index in [9.17, 15) is 9.90 Å². The van der Waals surface area contributed by atoms with Gasteiger partial charge in [0, 0.05) is 43.7 Å². The van der Waals surface area contributed by atoms with E-state index in [0.29, 0.717) is 30.7 Å². The summed E-state index contributed by atoms with van der Waals surface area (Å²) >= 11 is 1.50. The second-order valence-electron chi connectivity index (χ2n) is 8.87. The van der Waals surface area contributed by atoms with Gasteiger partial charge >= 0.3 is 0 Å². The van der Waals surface area contributed by atoms with Crippen LogP contribution in [0.2, 0.25) is 0 Å². The van der Waals surface area contributed by atoms with Crippen LogP contribution in [0.3, 0.4) is 0 Å². The minimum atomic E-state index is -0.451. The molecule has 1 aliphatic heterocycles. The zero-order chi connectivity index (χ0) is 23.9. The Bertz CT molecular complexity index is 1150. The van der Waals surface area contributed by atoms with Crippen molar-refractivity contribution in [2.75, 3.05) is 45.9 Å². The average molecular weight is 483 g/mol. The Morgan fingerprint density at radius 3 is 2.88 bits per heavy atom. The molecular formula is C26H34N4O3S. The predicted molar refractivity (Wildman–Crippen MR) is 138 cm³/mol. The van der Waals surface area contributed by atoms with Gasteiger partial charge in [0.25, 0.3) is 5.56 Å². The number of ether oxygens (including phenoxy) is 1. The summed E-state index contributed by atoms with van der Waals surface area (Å²) < 4.78 is 5.45. The maximum Gasteiger partial charge on any atom is 0.260 e. The molecule has 3 aromatic rings. The Morgan fingerprint density at radius 1 is 1.32 bits per heavy atom. The third-order valence-corrected chi connectivity index (χ3v) is 7.18. The van der Waals surface area contributed by atoms with Crippen LogP contribution in [-0.4, -0.2) is 76.9 Å². The number of H-pyrrole nitrogens is 1. The highest BCUT2D eigenvalue weighted by Crippen LogP contribution is 2.32. The first kappa shape index (κ1) is 24.8. The monoisotopic (exact) mass is 482 g/mol. The zero-order valence-corrected chi connectivity index (χ0v) is 20.6. The molecule has 1 saturated heterocycles. The molecule has 4 rings (SSSR count). The number of nitrogens with zero attached hydrogens (tertiary/aromatic N) is 3. The summed E-state index contributed by atoms with van der Waals surface area (Å²) in [4.78, 5) is 26.3. The molecule has 1 unspecified atom stereocenters. The van der Waals surface area contributed by atoms with E-state index in [1.807, 2.05) is 29.7 Å². The third kappa shape index (κ3) is 6.20. The zero-order valence-electron chi connectivity index (χ0n) is 19.8. The van der Waals surface area contributed by atoms with Crippen LogP contribution in [0.5, 0.6) is 0 Å². The first-order chi connectivity index (χ1) is 16.5. The number of benzene rings is 1. The fraction of sp³-hybridized carbons (Fsp3) is 0.462. The van der Waals surface area contributed by atoms with E-state index in [1.54, 1.807) is 0 Å². The first-order valence-corrected chi connectivity index (χ1v) is 12.8. The van der Waals surface area contributed by atoms with E-state index in [-0.39, 0.29) is 5.56 Å². The smallest absolute Gasteiger partial charge is 0.260 e. The summed E-state index contributed by atoms with van der Waals surface area (Å²) in [5.41, 5.74) is 3.02. The molecule has 182 valence electrons. The van der Waals surface area contributed by atoms with Crippen molar-refractivity contribution in [2.45, 2.75) is 32.4 Å². The summed E-state index contributed by atoms with van der Waals surface area (Å²) in [6.45, 7) is 11.9. The topological polar surface area (TPSA) is 81.7 Å². The Morgan fingerprint density at radius 2 is 2.12 bits per heavy atom. The van der Waals surface area contributed by atoms with E-state index in [4.69, 9.17) is 9.72 Å². The normalized spacial score (nSPS) is 15.7. The molecule has 2 aromatic heterocycles. The molecule has 0 amide bonds. The number of fused-ring (bicyclic) bond motifs is 1. The number of aryl methyl sites for hydroxylation is 1. The van der Waals surface area contributed by atoms with Gasteiger partial charge in [0.05, 0.1) is 31.2 Å². The van der Waals surface area contributed by atoms with Crippen molar-refractivity contribution in [3.8, 4) is 11.1 Å². The van der Waals surface area contributed by atoms with Gasteiger partial charge in [-0.25, -0.2) is 4.98 Å². The summed E-state index contributed by atoms with van der Waals surface area (Å²) in [6.07, 6.45) is 2.83. The maximum atomic E-state index is 13.1. The number of thiophene rings is 1. The summed E-state index contributed by atoms with van der Waals surface area (Å²) in [7, 11) is 0. The highest BCUT2D eigenvalue weighted by atomic mass is 32.1. The summed E-state index contributed by atoms with van der Waals surface area (Å²) in [5.74, 6) is 0.633. The number of aliphatic hydroxyl groups is 1. The number of aromatic amines is 1. The molecule has 1 atom stereocenters. The average Bonchev–Trinajstić information content (AvgIpc) is 3.26. The quantitative estimate of drug-likeness (QED) is 0.408. The van der Waals surface area contributed by atoms with Gasteiger partial charge in [0.1, 0.15) is 10.7 Å². The molecule has 3 heterocycles. The van der Waals surface area contributed by atoms with Crippen LogP contribution in [0.1, 0.15) is 24.2 Å². The van der Waals surface area contributed by atoms with E-state index < -0.39 is 6.10 Å². The lowest BCUT2D eigenvalue weighted by Gasteiger charge is -2.30. The van der Waals surface area contributed by atoms with E-state index in [2.05, 4.69) is 34.4 Å². The van der Waals surface area contributed by atoms with Crippen LogP contribution in [0.15, 0.2) is 47.1 Å². The molecule has 0 spiro atoms. The lowest BCUT2D eigenvalue weighted by atomic mass is 10.0. The molecule has 0 bridgehead atoms. The molecule has 1 aliphatic rings. The highest BCUT2D eigenvalue weighted by molar-refractivity contribution is 7.17. The Hall–Kier alpha value is -2.36. The van der Waals surface area contributed by atoms with Crippen LogP contribution in [0.4, 0.5) is 0 Å². The Kier molecular flexibility index (Phi) is 8.64. The second kappa shape index (κ2) is 11.9. The maximum absolute atomic E-state index is 13.1. The molecule has 0 radical (unpaired) electrons. The summed E-state index contributed by atoms with van der Waals surface area (Å²) in [5, 5.41) is 13.2.